The summed E-state index contributed by atoms with van der Waals surface area (Å²) in [5, 5.41) is 0. The highest BCUT2D eigenvalue weighted by molar-refractivity contribution is 5.75. The van der Waals surface area contributed by atoms with E-state index in [0.29, 0.717) is 13.0 Å². The molecule has 2 nitrogen and oxygen atoms in total. The Kier molecular flexibility index (Phi) is 3.61. The zero-order valence-electron chi connectivity index (χ0n) is 4.73. The predicted molar refractivity (Wildman–Crippen MR) is 27.2 cm³/mol. The van der Waals surface area contributed by atoms with Gasteiger partial charge in [-0.1, -0.05) is 0 Å². The highest BCUT2D eigenvalue weighted by atomic mass is 16.5. The van der Waals surface area contributed by atoms with Crippen LogP contribution in [0.4, 0.5) is 0 Å². The van der Waals surface area contributed by atoms with Gasteiger partial charge in [0, 0.05) is 13.5 Å². The van der Waals surface area contributed by atoms with Crippen LogP contribution in [0, 0.1) is 0 Å². The molecule has 0 atom stereocenters. The lowest BCUT2D eigenvalue weighted by Gasteiger charge is -1.89. The molecule has 2 heteroatoms. The zero-order valence-corrected chi connectivity index (χ0v) is 4.73. The molecule has 42 valence electrons. The van der Waals surface area contributed by atoms with Crippen molar-refractivity contribution in [2.24, 2.45) is 0 Å². The fourth-order valence-electron chi connectivity index (χ4n) is 0.246. The molecule has 0 unspecified atom stereocenters. The van der Waals surface area contributed by atoms with Crippen LogP contribution in [0.1, 0.15) is 13.3 Å². The average molecular weight is 102 g/mol. The lowest BCUT2D eigenvalue weighted by atomic mass is 10.3. The minimum absolute atomic E-state index is 0.182. The molecule has 0 N–H and O–H groups in total. The summed E-state index contributed by atoms with van der Waals surface area (Å²) in [5.41, 5.74) is 0. The summed E-state index contributed by atoms with van der Waals surface area (Å²) in [6.45, 7) is 2.11. The van der Waals surface area contributed by atoms with Crippen molar-refractivity contribution in [3.05, 3.63) is 0 Å². The summed E-state index contributed by atoms with van der Waals surface area (Å²) in [6.07, 6.45) is 0.538. The van der Waals surface area contributed by atoms with Crippen LogP contribution in [-0.2, 0) is 9.53 Å². The van der Waals surface area contributed by atoms with Gasteiger partial charge in [-0.2, -0.15) is 0 Å². The van der Waals surface area contributed by atoms with E-state index in [1.807, 2.05) is 0 Å². The van der Waals surface area contributed by atoms with Crippen molar-refractivity contribution in [1.29, 1.82) is 0 Å². The number of hydrogen-bond acceptors (Lipinski definition) is 2. The van der Waals surface area contributed by atoms with Crippen LogP contribution in [0.15, 0.2) is 0 Å². The van der Waals surface area contributed by atoms with E-state index in [2.05, 4.69) is 4.74 Å². The van der Waals surface area contributed by atoms with Gasteiger partial charge in [-0.25, -0.2) is 0 Å². The number of hydrogen-bond donors (Lipinski definition) is 0. The molecule has 0 aliphatic carbocycles. The Morgan fingerprint density at radius 2 is 2.29 bits per heavy atom. The topological polar surface area (TPSA) is 26.3 Å². The van der Waals surface area contributed by atoms with Gasteiger partial charge in [0.25, 0.3) is 0 Å². The van der Waals surface area contributed by atoms with E-state index >= 15 is 0 Å². The van der Waals surface area contributed by atoms with E-state index in [4.69, 9.17) is 0 Å². The van der Waals surface area contributed by atoms with Gasteiger partial charge in [0.1, 0.15) is 5.78 Å². The summed E-state index contributed by atoms with van der Waals surface area (Å²) < 4.78 is 4.63. The van der Waals surface area contributed by atoms with Crippen molar-refractivity contribution >= 4 is 5.78 Å². The molecule has 0 radical (unpaired) electrons. The Labute approximate surface area is 43.5 Å². The van der Waals surface area contributed by atoms with E-state index in [0.717, 1.165) is 0 Å². The number of ether oxygens (including phenoxy) is 1. The molecule has 0 aromatic carbocycles. The van der Waals surface area contributed by atoms with Gasteiger partial charge in [-0.15, -0.1) is 0 Å². The van der Waals surface area contributed by atoms with Gasteiger partial charge < -0.3 is 4.74 Å². The van der Waals surface area contributed by atoms with Gasteiger partial charge in [-0.05, 0) is 6.92 Å². The molecule has 7 heavy (non-hydrogen) atoms. The molecule has 0 saturated carbocycles. The molecule has 0 saturated heterocycles. The van der Waals surface area contributed by atoms with Gasteiger partial charge in [0.05, 0.1) is 6.61 Å². The highest BCUT2D eigenvalue weighted by Crippen LogP contribution is 1.79. The standard InChI is InChI=1S/C5H10O2/c1-5(6)3-4-7-2/h3-4H2,1-2H3. The quantitative estimate of drug-likeness (QED) is 0.522. The van der Waals surface area contributed by atoms with Gasteiger partial charge in [-0.3, -0.25) is 4.79 Å². The fourth-order valence-corrected chi connectivity index (χ4v) is 0.246. The predicted octanol–water partition coefficient (Wildman–Crippen LogP) is 0.612. The maximum absolute atomic E-state index is 10.1. The van der Waals surface area contributed by atoms with Crippen LogP contribution in [-0.4, -0.2) is 19.5 Å². The molecule has 0 fully saturated rings. The maximum atomic E-state index is 10.1. The second kappa shape index (κ2) is 3.81. The van der Waals surface area contributed by atoms with Crippen LogP contribution in [0.5, 0.6) is 0 Å². The summed E-state index contributed by atoms with van der Waals surface area (Å²) >= 11 is 0. The van der Waals surface area contributed by atoms with Crippen molar-refractivity contribution in [3.8, 4) is 0 Å². The second-order valence-corrected chi connectivity index (χ2v) is 1.44. The molecule has 0 spiro atoms. The second-order valence-electron chi connectivity index (χ2n) is 1.44. The first-order chi connectivity index (χ1) is 3.27. The van der Waals surface area contributed by atoms with Crippen molar-refractivity contribution in [2.75, 3.05) is 13.7 Å². The van der Waals surface area contributed by atoms with E-state index < -0.39 is 0 Å². The van der Waals surface area contributed by atoms with Crippen molar-refractivity contribution in [3.63, 3.8) is 0 Å². The number of Topliss-reactive ketones (excluding diaryl/α,β-unsaturated/α-hetero) is 1. The molecule has 0 heterocycles. The van der Waals surface area contributed by atoms with Crippen molar-refractivity contribution in [2.45, 2.75) is 13.3 Å². The lowest BCUT2D eigenvalue weighted by molar-refractivity contribution is -0.117. The minimum atomic E-state index is 0.182. The van der Waals surface area contributed by atoms with Gasteiger partial charge >= 0.3 is 0 Å². The third-order valence-corrected chi connectivity index (χ3v) is 0.658. The molecular formula is C5H10O2. The first kappa shape index (κ1) is 6.63. The number of rotatable bonds is 3. The van der Waals surface area contributed by atoms with Crippen molar-refractivity contribution in [1.82, 2.24) is 0 Å². The Morgan fingerprint density at radius 1 is 1.71 bits per heavy atom. The molecule has 0 aromatic heterocycles. The minimum Gasteiger partial charge on any atom is -0.384 e. The van der Waals surface area contributed by atoms with Crippen LogP contribution in [0.2, 0.25) is 0 Å². The summed E-state index contributed by atoms with van der Waals surface area (Å²) in [7, 11) is 1.59. The van der Waals surface area contributed by atoms with Gasteiger partial charge in [0.15, 0.2) is 0 Å². The summed E-state index contributed by atoms with van der Waals surface area (Å²) in [5.74, 6) is 0.182. The smallest absolute Gasteiger partial charge is 0.132 e. The van der Waals surface area contributed by atoms with Crippen molar-refractivity contribution < 1.29 is 9.53 Å². The molecule has 0 aliphatic heterocycles. The first-order valence-electron chi connectivity index (χ1n) is 2.25. The third-order valence-electron chi connectivity index (χ3n) is 0.658. The molecule has 0 amide bonds. The van der Waals surface area contributed by atoms with Crippen LogP contribution in [0.3, 0.4) is 0 Å². The van der Waals surface area contributed by atoms with Gasteiger partial charge in [0.2, 0.25) is 0 Å². The van der Waals surface area contributed by atoms with E-state index in [9.17, 15) is 4.79 Å². The molecule has 0 rings (SSSR count). The monoisotopic (exact) mass is 102 g/mol. The SMILES string of the molecule is COCCC(C)=O. The largest absolute Gasteiger partial charge is 0.384 e. The molecule has 0 bridgehead atoms. The highest BCUT2D eigenvalue weighted by Gasteiger charge is 1.87. The molecular weight excluding hydrogens is 92.1 g/mol. The zero-order chi connectivity index (χ0) is 5.70. The Bertz CT molecular complexity index is 59.1. The Morgan fingerprint density at radius 3 is 2.43 bits per heavy atom. The third kappa shape index (κ3) is 5.63. The number of methoxy groups -OCH3 is 1. The maximum Gasteiger partial charge on any atom is 0.132 e. The Balaban J connectivity index is 2.82. The lowest BCUT2D eigenvalue weighted by Crippen LogP contribution is -1.95. The average Bonchev–Trinajstić information content (AvgIpc) is 1.61. The van der Waals surface area contributed by atoms with Crippen LogP contribution < -0.4 is 0 Å². The molecule has 0 aliphatic rings. The summed E-state index contributed by atoms with van der Waals surface area (Å²) in [6, 6.07) is 0. The molecule has 0 aromatic rings. The fraction of sp³-hybridized carbons (Fsp3) is 0.800. The number of ketones is 1. The van der Waals surface area contributed by atoms with E-state index in [-0.39, 0.29) is 5.78 Å². The van der Waals surface area contributed by atoms with E-state index in [1.54, 1.807) is 14.0 Å². The van der Waals surface area contributed by atoms with E-state index in [1.165, 1.54) is 0 Å². The number of carbonyl (C=O) groups excluding carboxylic acids is 1. The van der Waals surface area contributed by atoms with Crippen LogP contribution in [0.25, 0.3) is 0 Å². The number of carbonyl (C=O) groups is 1. The first-order valence-corrected chi connectivity index (χ1v) is 2.25. The Hall–Kier alpha value is -0.370. The normalized spacial score (nSPS) is 8.86. The summed E-state index contributed by atoms with van der Waals surface area (Å²) in [4.78, 5) is 10.1. The van der Waals surface area contributed by atoms with Crippen LogP contribution >= 0.6 is 0 Å².